The predicted octanol–water partition coefficient (Wildman–Crippen LogP) is 2.21. The van der Waals surface area contributed by atoms with Crippen molar-refractivity contribution in [3.05, 3.63) is 30.3 Å². The first-order chi connectivity index (χ1) is 5.36. The minimum atomic E-state index is -0.629. The normalized spacial score (nSPS) is 28.1. The Kier molecular flexibility index (Phi) is 1.53. The maximum atomic E-state index is 12.4. The zero-order valence-electron chi connectivity index (χ0n) is 6.13. The minimum absolute atomic E-state index is 0.0670. The van der Waals surface area contributed by atoms with Crippen LogP contribution >= 0.6 is 0 Å². The molecule has 0 unspecified atom stereocenters. The van der Waals surface area contributed by atoms with Crippen molar-refractivity contribution in [1.82, 2.24) is 0 Å². The third-order valence-corrected chi connectivity index (χ3v) is 1.84. The van der Waals surface area contributed by atoms with Crippen LogP contribution in [0.1, 0.15) is 6.42 Å². The highest BCUT2D eigenvalue weighted by Crippen LogP contribution is 2.28. The van der Waals surface area contributed by atoms with Gasteiger partial charge in [-0.25, -0.2) is 4.39 Å². The summed E-state index contributed by atoms with van der Waals surface area (Å²) < 4.78 is 12.4. The Labute approximate surface area is 65.2 Å². The average molecular weight is 151 g/mol. The van der Waals surface area contributed by atoms with Crippen LogP contribution in [0.3, 0.4) is 0 Å². The molecule has 1 aromatic rings. The number of hydrogen-bond donors (Lipinski definition) is 1. The molecule has 2 rings (SSSR count). The molecule has 0 bridgehead atoms. The lowest BCUT2D eigenvalue weighted by atomic mass is 10.3. The van der Waals surface area contributed by atoms with Gasteiger partial charge in [-0.2, -0.15) is 0 Å². The Morgan fingerprint density at radius 1 is 1.27 bits per heavy atom. The van der Waals surface area contributed by atoms with E-state index in [-0.39, 0.29) is 6.04 Å². The smallest absolute Gasteiger partial charge is 0.122 e. The molecule has 1 fully saturated rings. The number of alkyl halides is 1. The van der Waals surface area contributed by atoms with Crippen molar-refractivity contribution in [2.24, 2.45) is 0 Å². The van der Waals surface area contributed by atoms with Gasteiger partial charge in [0.2, 0.25) is 0 Å². The van der Waals surface area contributed by atoms with Crippen LogP contribution in [0, 0.1) is 0 Å². The highest BCUT2D eigenvalue weighted by Gasteiger charge is 2.37. The molecule has 0 aromatic heterocycles. The standard InChI is InChI=1S/C9H10FN/c10-8-6-9(8)11-7-4-2-1-3-5-7/h1-5,8-9,11H,6H2/t8-,9+/m0/s1. The first kappa shape index (κ1) is 6.65. The van der Waals surface area contributed by atoms with Crippen LogP contribution in [0.4, 0.5) is 10.1 Å². The monoisotopic (exact) mass is 151 g/mol. The average Bonchev–Trinajstić information content (AvgIpc) is 2.69. The molecule has 0 saturated heterocycles. The second-order valence-electron chi connectivity index (χ2n) is 2.87. The molecule has 1 saturated carbocycles. The van der Waals surface area contributed by atoms with Crippen molar-refractivity contribution in [3.8, 4) is 0 Å². The molecule has 11 heavy (non-hydrogen) atoms. The topological polar surface area (TPSA) is 12.0 Å². The second kappa shape index (κ2) is 2.53. The molecule has 0 aliphatic heterocycles. The van der Waals surface area contributed by atoms with Gasteiger partial charge in [-0.1, -0.05) is 18.2 Å². The van der Waals surface area contributed by atoms with Crippen LogP contribution in [-0.4, -0.2) is 12.2 Å². The molecule has 2 atom stereocenters. The Bertz CT molecular complexity index is 235. The van der Waals surface area contributed by atoms with Crippen LogP contribution < -0.4 is 5.32 Å². The van der Waals surface area contributed by atoms with Gasteiger partial charge in [0, 0.05) is 12.1 Å². The SMILES string of the molecule is F[C@H]1C[C@H]1Nc1ccccc1. The first-order valence-corrected chi connectivity index (χ1v) is 3.82. The van der Waals surface area contributed by atoms with E-state index in [2.05, 4.69) is 5.32 Å². The quantitative estimate of drug-likeness (QED) is 0.683. The molecule has 0 heterocycles. The second-order valence-corrected chi connectivity index (χ2v) is 2.87. The third kappa shape index (κ3) is 1.50. The van der Waals surface area contributed by atoms with Crippen LogP contribution in [0.2, 0.25) is 0 Å². The largest absolute Gasteiger partial charge is 0.379 e. The van der Waals surface area contributed by atoms with E-state index in [0.29, 0.717) is 6.42 Å². The van der Waals surface area contributed by atoms with E-state index in [4.69, 9.17) is 0 Å². The predicted molar refractivity (Wildman–Crippen MR) is 43.4 cm³/mol. The summed E-state index contributed by atoms with van der Waals surface area (Å²) in [4.78, 5) is 0. The van der Waals surface area contributed by atoms with E-state index in [0.717, 1.165) is 5.69 Å². The summed E-state index contributed by atoms with van der Waals surface area (Å²) in [5, 5.41) is 3.09. The zero-order valence-corrected chi connectivity index (χ0v) is 6.13. The summed E-state index contributed by atoms with van der Waals surface area (Å²) in [6.45, 7) is 0. The van der Waals surface area contributed by atoms with Gasteiger partial charge in [0.05, 0.1) is 6.04 Å². The molecule has 0 amide bonds. The number of para-hydroxylation sites is 1. The molecular formula is C9H10FN. The Morgan fingerprint density at radius 2 is 1.91 bits per heavy atom. The van der Waals surface area contributed by atoms with E-state index in [1.165, 1.54) is 0 Å². The lowest BCUT2D eigenvalue weighted by Crippen LogP contribution is -2.03. The molecule has 1 aliphatic rings. The summed E-state index contributed by atoms with van der Waals surface area (Å²) in [7, 11) is 0. The van der Waals surface area contributed by atoms with Crippen LogP contribution in [0.25, 0.3) is 0 Å². The fourth-order valence-electron chi connectivity index (χ4n) is 1.06. The Hall–Kier alpha value is -1.05. The van der Waals surface area contributed by atoms with Crippen molar-refractivity contribution >= 4 is 5.69 Å². The van der Waals surface area contributed by atoms with Crippen LogP contribution in [0.15, 0.2) is 30.3 Å². The molecule has 1 aromatic carbocycles. The van der Waals surface area contributed by atoms with Gasteiger partial charge >= 0.3 is 0 Å². The van der Waals surface area contributed by atoms with Crippen molar-refractivity contribution in [1.29, 1.82) is 0 Å². The molecule has 0 spiro atoms. The fourth-order valence-corrected chi connectivity index (χ4v) is 1.06. The number of nitrogens with one attached hydrogen (secondary N) is 1. The van der Waals surface area contributed by atoms with E-state index in [9.17, 15) is 4.39 Å². The Morgan fingerprint density at radius 3 is 2.45 bits per heavy atom. The lowest BCUT2D eigenvalue weighted by Gasteiger charge is -2.01. The highest BCUT2D eigenvalue weighted by atomic mass is 19.1. The number of benzene rings is 1. The van der Waals surface area contributed by atoms with Crippen molar-refractivity contribution in [2.45, 2.75) is 18.6 Å². The number of halogens is 1. The molecule has 0 radical (unpaired) electrons. The summed E-state index contributed by atoms with van der Waals surface area (Å²) in [6.07, 6.45) is 0.0322. The minimum Gasteiger partial charge on any atom is -0.379 e. The summed E-state index contributed by atoms with van der Waals surface area (Å²) in [5.41, 5.74) is 1.01. The lowest BCUT2D eigenvalue weighted by molar-refractivity contribution is 0.472. The van der Waals surface area contributed by atoms with Gasteiger partial charge in [-0.15, -0.1) is 0 Å². The molecule has 2 heteroatoms. The van der Waals surface area contributed by atoms with E-state index >= 15 is 0 Å². The van der Waals surface area contributed by atoms with E-state index in [1.807, 2.05) is 30.3 Å². The number of rotatable bonds is 2. The van der Waals surface area contributed by atoms with Gasteiger partial charge in [0.1, 0.15) is 6.17 Å². The van der Waals surface area contributed by atoms with E-state index < -0.39 is 6.17 Å². The van der Waals surface area contributed by atoms with Gasteiger partial charge in [-0.05, 0) is 12.1 Å². The Balaban J connectivity index is 1.97. The van der Waals surface area contributed by atoms with Crippen molar-refractivity contribution in [3.63, 3.8) is 0 Å². The van der Waals surface area contributed by atoms with Crippen LogP contribution in [0.5, 0.6) is 0 Å². The highest BCUT2D eigenvalue weighted by molar-refractivity contribution is 5.45. The summed E-state index contributed by atoms with van der Waals surface area (Å²) >= 11 is 0. The third-order valence-electron chi connectivity index (χ3n) is 1.84. The van der Waals surface area contributed by atoms with Gasteiger partial charge < -0.3 is 5.32 Å². The van der Waals surface area contributed by atoms with Crippen LogP contribution in [-0.2, 0) is 0 Å². The molecule has 1 nitrogen and oxygen atoms in total. The van der Waals surface area contributed by atoms with Gasteiger partial charge in [0.25, 0.3) is 0 Å². The zero-order chi connectivity index (χ0) is 7.68. The fraction of sp³-hybridized carbons (Fsp3) is 0.333. The summed E-state index contributed by atoms with van der Waals surface area (Å²) in [5.74, 6) is 0. The maximum Gasteiger partial charge on any atom is 0.122 e. The number of hydrogen-bond acceptors (Lipinski definition) is 1. The summed E-state index contributed by atoms with van der Waals surface area (Å²) in [6, 6.07) is 9.80. The molecule has 58 valence electrons. The molecule has 1 aliphatic carbocycles. The maximum absolute atomic E-state index is 12.4. The van der Waals surface area contributed by atoms with E-state index in [1.54, 1.807) is 0 Å². The molecular weight excluding hydrogens is 141 g/mol. The van der Waals surface area contributed by atoms with Gasteiger partial charge in [0.15, 0.2) is 0 Å². The molecule has 1 N–H and O–H groups in total. The van der Waals surface area contributed by atoms with Gasteiger partial charge in [-0.3, -0.25) is 0 Å². The van der Waals surface area contributed by atoms with Crippen molar-refractivity contribution in [2.75, 3.05) is 5.32 Å². The number of anilines is 1. The van der Waals surface area contributed by atoms with Crippen molar-refractivity contribution < 1.29 is 4.39 Å². The first-order valence-electron chi connectivity index (χ1n) is 3.82.